The van der Waals surface area contributed by atoms with Crippen LogP contribution in [0.5, 0.6) is 0 Å². The van der Waals surface area contributed by atoms with Gasteiger partial charge in [-0.2, -0.15) is 0 Å². The summed E-state index contributed by atoms with van der Waals surface area (Å²) in [5, 5.41) is 0. The molecule has 23 heavy (non-hydrogen) atoms. The number of piperidine rings is 1. The summed E-state index contributed by atoms with van der Waals surface area (Å²) in [5.74, 6) is 1.15. The Kier molecular flexibility index (Phi) is 5.97. The van der Waals surface area contributed by atoms with Crippen LogP contribution in [0.15, 0.2) is 30.2 Å². The minimum absolute atomic E-state index is 0.858. The molecule has 2 heterocycles. The Labute approximate surface area is 139 Å². The van der Waals surface area contributed by atoms with Crippen molar-refractivity contribution in [1.29, 1.82) is 0 Å². The van der Waals surface area contributed by atoms with Crippen molar-refractivity contribution in [3.63, 3.8) is 0 Å². The molecule has 0 spiro atoms. The second kappa shape index (κ2) is 7.95. The predicted molar refractivity (Wildman–Crippen MR) is 94.9 cm³/mol. The number of aromatic nitrogens is 1. The van der Waals surface area contributed by atoms with Gasteiger partial charge in [-0.25, -0.2) is 0 Å². The first-order valence-corrected chi connectivity index (χ1v) is 8.26. The van der Waals surface area contributed by atoms with Crippen molar-refractivity contribution in [1.82, 2.24) is 14.8 Å². The van der Waals surface area contributed by atoms with E-state index in [1.165, 1.54) is 19.3 Å². The zero-order valence-electron chi connectivity index (χ0n) is 14.7. The monoisotopic (exact) mass is 313 g/mol. The van der Waals surface area contributed by atoms with Gasteiger partial charge in [0.2, 0.25) is 0 Å². The first-order chi connectivity index (χ1) is 11.0. The topological polar surface area (TPSA) is 36.4 Å². The summed E-state index contributed by atoms with van der Waals surface area (Å²) in [6.45, 7) is 6.15. The van der Waals surface area contributed by atoms with E-state index in [-0.39, 0.29) is 0 Å². The van der Waals surface area contributed by atoms with Gasteiger partial charge in [0.05, 0.1) is 0 Å². The zero-order valence-corrected chi connectivity index (χ0v) is 14.7. The lowest BCUT2D eigenvalue weighted by molar-refractivity contribution is -0.104. The molecule has 2 rings (SSSR count). The molecule has 1 fully saturated rings. The Morgan fingerprint density at radius 1 is 1.22 bits per heavy atom. The third-order valence-corrected chi connectivity index (χ3v) is 4.21. The molecule has 0 aliphatic carbocycles. The van der Waals surface area contributed by atoms with E-state index < -0.39 is 0 Å². The fourth-order valence-corrected chi connectivity index (χ4v) is 2.98. The third kappa shape index (κ3) is 4.44. The van der Waals surface area contributed by atoms with Crippen LogP contribution in [0.4, 0.5) is 0 Å². The molecule has 4 heteroatoms. The Balaban J connectivity index is 2.44. The number of hydrogen-bond donors (Lipinski definition) is 0. The molecular formula is C19H27N3O. The fraction of sp³-hybridized carbons (Fsp3) is 0.474. The number of likely N-dealkylation sites (tertiary alicyclic amines) is 1. The van der Waals surface area contributed by atoms with Gasteiger partial charge in [0.1, 0.15) is 12.1 Å². The van der Waals surface area contributed by atoms with E-state index in [1.807, 2.05) is 20.0 Å². The highest BCUT2D eigenvalue weighted by atomic mass is 16.1. The van der Waals surface area contributed by atoms with Crippen LogP contribution < -0.4 is 0 Å². The molecule has 0 bridgehead atoms. The molecule has 1 aromatic heterocycles. The number of pyridine rings is 1. The SMILES string of the molecule is Cc1cnc(C)c(C(=C/C=O)/C=C(\N(C)C)N2CCCCC2)c1. The van der Waals surface area contributed by atoms with Gasteiger partial charge in [0.15, 0.2) is 0 Å². The maximum atomic E-state index is 11.2. The van der Waals surface area contributed by atoms with Crippen molar-refractivity contribution in [2.75, 3.05) is 27.2 Å². The lowest BCUT2D eigenvalue weighted by atomic mass is 10.0. The lowest BCUT2D eigenvalue weighted by Crippen LogP contribution is -2.35. The molecule has 1 aliphatic heterocycles. The summed E-state index contributed by atoms with van der Waals surface area (Å²) in [5.41, 5.74) is 3.98. The number of aldehydes is 1. The molecule has 0 atom stereocenters. The second-order valence-electron chi connectivity index (χ2n) is 6.35. The van der Waals surface area contributed by atoms with E-state index in [2.05, 4.69) is 41.0 Å². The lowest BCUT2D eigenvalue weighted by Gasteiger charge is -2.35. The maximum Gasteiger partial charge on any atom is 0.143 e. The molecule has 1 saturated heterocycles. The molecular weight excluding hydrogens is 286 g/mol. The van der Waals surface area contributed by atoms with E-state index in [0.717, 1.165) is 47.6 Å². The van der Waals surface area contributed by atoms with E-state index in [1.54, 1.807) is 6.08 Å². The summed E-state index contributed by atoms with van der Waals surface area (Å²) in [4.78, 5) is 20.1. The average molecular weight is 313 g/mol. The number of rotatable bonds is 5. The normalized spacial score (nSPS) is 16.4. The molecule has 4 nitrogen and oxygen atoms in total. The predicted octanol–water partition coefficient (Wildman–Crippen LogP) is 3.17. The van der Waals surface area contributed by atoms with E-state index >= 15 is 0 Å². The number of carbonyl (C=O) groups is 1. The first-order valence-electron chi connectivity index (χ1n) is 8.26. The number of allylic oxidation sites excluding steroid dienone is 3. The second-order valence-corrected chi connectivity index (χ2v) is 6.35. The van der Waals surface area contributed by atoms with Crippen molar-refractivity contribution in [2.24, 2.45) is 0 Å². The van der Waals surface area contributed by atoms with Crippen molar-refractivity contribution >= 4 is 11.9 Å². The number of aryl methyl sites for hydroxylation is 2. The van der Waals surface area contributed by atoms with Crippen molar-refractivity contribution in [3.05, 3.63) is 47.1 Å². The maximum absolute atomic E-state index is 11.2. The number of hydrogen-bond acceptors (Lipinski definition) is 4. The smallest absolute Gasteiger partial charge is 0.143 e. The van der Waals surface area contributed by atoms with E-state index in [0.29, 0.717) is 0 Å². The molecule has 0 N–H and O–H groups in total. The first kappa shape index (κ1) is 17.3. The summed E-state index contributed by atoms with van der Waals surface area (Å²) >= 11 is 0. The minimum Gasteiger partial charge on any atom is -0.364 e. The summed E-state index contributed by atoms with van der Waals surface area (Å²) in [7, 11) is 4.11. The molecule has 1 aliphatic rings. The number of nitrogens with zero attached hydrogens (tertiary/aromatic N) is 3. The Hall–Kier alpha value is -2.10. The standard InChI is InChI=1S/C19H27N3O/c1-15-12-18(16(2)20-14-15)17(8-11-23)13-19(21(3)4)22-9-6-5-7-10-22/h8,11-14H,5-7,9-10H2,1-4H3/b17-8+,19-13+. The summed E-state index contributed by atoms with van der Waals surface area (Å²) in [6.07, 6.45) is 10.2. The van der Waals surface area contributed by atoms with Gasteiger partial charge >= 0.3 is 0 Å². The largest absolute Gasteiger partial charge is 0.364 e. The van der Waals surface area contributed by atoms with Crippen molar-refractivity contribution < 1.29 is 4.79 Å². The van der Waals surface area contributed by atoms with Crippen molar-refractivity contribution in [3.8, 4) is 0 Å². The highest BCUT2D eigenvalue weighted by Gasteiger charge is 2.16. The van der Waals surface area contributed by atoms with Crippen LogP contribution in [0.2, 0.25) is 0 Å². The number of carbonyl (C=O) groups excluding carboxylic acids is 1. The highest BCUT2D eigenvalue weighted by molar-refractivity contribution is 5.87. The molecule has 0 aromatic carbocycles. The Morgan fingerprint density at radius 3 is 2.52 bits per heavy atom. The zero-order chi connectivity index (χ0) is 16.8. The van der Waals surface area contributed by atoms with Crippen LogP contribution in [0.1, 0.15) is 36.1 Å². The van der Waals surface area contributed by atoms with Gasteiger partial charge in [-0.05, 0) is 62.5 Å². The van der Waals surface area contributed by atoms with Crippen LogP contribution in [-0.4, -0.2) is 48.3 Å². The Morgan fingerprint density at radius 2 is 1.91 bits per heavy atom. The quantitative estimate of drug-likeness (QED) is 0.475. The third-order valence-electron chi connectivity index (χ3n) is 4.21. The molecule has 0 radical (unpaired) electrons. The minimum atomic E-state index is 0.858. The van der Waals surface area contributed by atoms with Crippen LogP contribution >= 0.6 is 0 Å². The van der Waals surface area contributed by atoms with Gasteiger partial charge in [-0.1, -0.05) is 0 Å². The molecule has 124 valence electrons. The summed E-state index contributed by atoms with van der Waals surface area (Å²) < 4.78 is 0. The van der Waals surface area contributed by atoms with Gasteiger partial charge in [0.25, 0.3) is 0 Å². The van der Waals surface area contributed by atoms with E-state index in [4.69, 9.17) is 0 Å². The Bertz CT molecular complexity index is 611. The van der Waals surface area contributed by atoms with Crippen LogP contribution in [-0.2, 0) is 4.79 Å². The molecule has 1 aromatic rings. The molecule has 0 amide bonds. The highest BCUT2D eigenvalue weighted by Crippen LogP contribution is 2.24. The van der Waals surface area contributed by atoms with Crippen LogP contribution in [0.25, 0.3) is 5.57 Å². The summed E-state index contributed by atoms with van der Waals surface area (Å²) in [6, 6.07) is 2.09. The van der Waals surface area contributed by atoms with Crippen molar-refractivity contribution in [2.45, 2.75) is 33.1 Å². The van der Waals surface area contributed by atoms with Crippen LogP contribution in [0.3, 0.4) is 0 Å². The average Bonchev–Trinajstić information content (AvgIpc) is 2.54. The molecule has 0 saturated carbocycles. The van der Waals surface area contributed by atoms with E-state index in [9.17, 15) is 4.79 Å². The fourth-order valence-electron chi connectivity index (χ4n) is 2.98. The van der Waals surface area contributed by atoms with Gasteiger partial charge in [0, 0.05) is 44.6 Å². The van der Waals surface area contributed by atoms with Crippen LogP contribution in [0, 0.1) is 13.8 Å². The molecule has 0 unspecified atom stereocenters. The van der Waals surface area contributed by atoms with Gasteiger partial charge < -0.3 is 9.80 Å². The van der Waals surface area contributed by atoms with Gasteiger partial charge in [-0.3, -0.25) is 9.78 Å². The van der Waals surface area contributed by atoms with Gasteiger partial charge in [-0.15, -0.1) is 0 Å².